The van der Waals surface area contributed by atoms with Gasteiger partial charge in [-0.05, 0) is 106 Å². The summed E-state index contributed by atoms with van der Waals surface area (Å²) in [7, 11) is 3.45. The fraction of sp³-hybridized carbons (Fsp3) is 0.273. The van der Waals surface area contributed by atoms with Crippen LogP contribution in [0.3, 0.4) is 0 Å². The highest BCUT2D eigenvalue weighted by atomic mass is 16.5. The van der Waals surface area contributed by atoms with Gasteiger partial charge in [-0.1, -0.05) is 48.5 Å². The van der Waals surface area contributed by atoms with Crippen LogP contribution in [0, 0.1) is 0 Å². The van der Waals surface area contributed by atoms with Gasteiger partial charge in [0, 0.05) is 18.5 Å². The number of hydrogen-bond acceptors (Lipinski definition) is 3. The van der Waals surface area contributed by atoms with Crippen LogP contribution in [0.2, 0.25) is 0 Å². The molecule has 0 amide bonds. The second-order valence-corrected chi connectivity index (χ2v) is 10.4. The number of rotatable bonds is 4. The van der Waals surface area contributed by atoms with Crippen molar-refractivity contribution >= 4 is 0 Å². The van der Waals surface area contributed by atoms with Crippen LogP contribution in [0.15, 0.2) is 72.8 Å². The maximum Gasteiger partial charge on any atom is 0.118 e. The molecule has 36 heavy (non-hydrogen) atoms. The smallest absolute Gasteiger partial charge is 0.118 e. The first kappa shape index (κ1) is 21.7. The van der Waals surface area contributed by atoms with Crippen LogP contribution < -0.4 is 14.8 Å². The van der Waals surface area contributed by atoms with Crippen molar-refractivity contribution in [3.8, 4) is 33.8 Å². The first-order valence-corrected chi connectivity index (χ1v) is 13.0. The molecule has 3 heteroatoms. The number of ether oxygens (including phenoxy) is 2. The monoisotopic (exact) mass is 473 g/mol. The Bertz CT molecular complexity index is 1350. The standard InChI is InChI=1S/C33H31NO2/c1-35-25-9-3-21(4-10-25)27-13-7-23-15-17-33-18-16-24-8-14-28(22-5-11-26(36-2)12-6-22)30(32(24)33)20-34-19-29(27)31(23)33/h3-14,34H,15-20H2,1-2H3. The third-order valence-corrected chi connectivity index (χ3v) is 8.80. The van der Waals surface area contributed by atoms with E-state index in [1.54, 1.807) is 36.5 Å². The second kappa shape index (κ2) is 8.25. The van der Waals surface area contributed by atoms with Crippen molar-refractivity contribution in [3.63, 3.8) is 0 Å². The Morgan fingerprint density at radius 1 is 0.583 bits per heavy atom. The van der Waals surface area contributed by atoms with E-state index in [0.29, 0.717) is 0 Å². The minimum absolute atomic E-state index is 0.127. The lowest BCUT2D eigenvalue weighted by molar-refractivity contribution is 0.415. The van der Waals surface area contributed by atoms with Crippen molar-refractivity contribution in [1.29, 1.82) is 0 Å². The first-order valence-electron chi connectivity index (χ1n) is 13.0. The molecule has 180 valence electrons. The van der Waals surface area contributed by atoms with Crippen LogP contribution in [0.1, 0.15) is 46.2 Å². The first-order chi connectivity index (χ1) is 17.7. The summed E-state index contributed by atoms with van der Waals surface area (Å²) in [5.41, 5.74) is 14.6. The molecule has 1 heterocycles. The largest absolute Gasteiger partial charge is 0.497 e. The van der Waals surface area contributed by atoms with Crippen LogP contribution in [0.4, 0.5) is 0 Å². The van der Waals surface area contributed by atoms with Crippen molar-refractivity contribution in [3.05, 3.63) is 106 Å². The molecule has 1 aliphatic heterocycles. The summed E-state index contributed by atoms with van der Waals surface area (Å²) in [6.07, 6.45) is 4.76. The Kier molecular flexibility index (Phi) is 4.97. The molecule has 0 saturated carbocycles. The maximum absolute atomic E-state index is 5.42. The minimum Gasteiger partial charge on any atom is -0.497 e. The van der Waals surface area contributed by atoms with Crippen LogP contribution in [0.5, 0.6) is 11.5 Å². The lowest BCUT2D eigenvalue weighted by Crippen LogP contribution is -2.30. The van der Waals surface area contributed by atoms with Gasteiger partial charge in [-0.2, -0.15) is 0 Å². The highest BCUT2D eigenvalue weighted by Crippen LogP contribution is 2.57. The fourth-order valence-corrected chi connectivity index (χ4v) is 7.21. The van der Waals surface area contributed by atoms with Gasteiger partial charge in [-0.25, -0.2) is 0 Å². The van der Waals surface area contributed by atoms with Crippen molar-refractivity contribution in [1.82, 2.24) is 5.32 Å². The molecule has 1 spiro atoms. The summed E-state index contributed by atoms with van der Waals surface area (Å²) >= 11 is 0. The predicted molar refractivity (Wildman–Crippen MR) is 145 cm³/mol. The van der Waals surface area contributed by atoms with Gasteiger partial charge >= 0.3 is 0 Å². The Labute approximate surface area is 213 Å². The van der Waals surface area contributed by atoms with E-state index in [-0.39, 0.29) is 5.41 Å². The average Bonchev–Trinajstić information content (AvgIpc) is 3.49. The Morgan fingerprint density at radius 3 is 1.44 bits per heavy atom. The molecule has 0 atom stereocenters. The summed E-state index contributed by atoms with van der Waals surface area (Å²) < 4.78 is 10.8. The van der Waals surface area contributed by atoms with Gasteiger partial charge in [0.05, 0.1) is 14.2 Å². The Morgan fingerprint density at radius 2 is 1.03 bits per heavy atom. The Hall–Kier alpha value is -3.56. The van der Waals surface area contributed by atoms with E-state index in [1.165, 1.54) is 46.2 Å². The molecule has 4 aromatic carbocycles. The van der Waals surface area contributed by atoms with Gasteiger partial charge in [0.1, 0.15) is 11.5 Å². The molecular weight excluding hydrogens is 442 g/mol. The summed E-state index contributed by atoms with van der Waals surface area (Å²) in [6.45, 7) is 1.77. The molecule has 0 unspecified atom stereocenters. The van der Waals surface area contributed by atoms with Gasteiger partial charge in [-0.3, -0.25) is 0 Å². The van der Waals surface area contributed by atoms with Crippen molar-refractivity contribution in [2.24, 2.45) is 0 Å². The lowest BCUT2D eigenvalue weighted by atomic mass is 9.70. The third kappa shape index (κ3) is 3.09. The molecule has 2 aliphatic carbocycles. The zero-order chi connectivity index (χ0) is 24.3. The van der Waals surface area contributed by atoms with E-state index in [2.05, 4.69) is 78.1 Å². The molecule has 3 aliphatic rings. The molecule has 0 bridgehead atoms. The predicted octanol–water partition coefficient (Wildman–Crippen LogP) is 6.82. The molecule has 0 saturated heterocycles. The minimum atomic E-state index is 0.127. The summed E-state index contributed by atoms with van der Waals surface area (Å²) in [4.78, 5) is 0. The molecule has 3 nitrogen and oxygen atoms in total. The normalized spacial score (nSPS) is 16.6. The number of aryl methyl sites for hydroxylation is 2. The van der Waals surface area contributed by atoms with Gasteiger partial charge < -0.3 is 14.8 Å². The van der Waals surface area contributed by atoms with Gasteiger partial charge in [0.2, 0.25) is 0 Å². The van der Waals surface area contributed by atoms with E-state index < -0.39 is 0 Å². The molecule has 0 radical (unpaired) electrons. The third-order valence-electron chi connectivity index (χ3n) is 8.80. The molecule has 1 N–H and O–H groups in total. The molecular formula is C33H31NO2. The van der Waals surface area contributed by atoms with Crippen LogP contribution >= 0.6 is 0 Å². The van der Waals surface area contributed by atoms with E-state index in [4.69, 9.17) is 9.47 Å². The molecule has 7 rings (SSSR count). The summed E-state index contributed by atoms with van der Waals surface area (Å²) in [6, 6.07) is 26.6. The van der Waals surface area contributed by atoms with Crippen LogP contribution in [-0.4, -0.2) is 14.2 Å². The van der Waals surface area contributed by atoms with Crippen molar-refractivity contribution < 1.29 is 9.47 Å². The van der Waals surface area contributed by atoms with Gasteiger partial charge in [0.15, 0.2) is 0 Å². The SMILES string of the molecule is COc1ccc(-c2ccc3c4c2CNCc2c(-c5ccc(OC)cc5)ccc5c2C4(CC3)CC5)cc1. The van der Waals surface area contributed by atoms with Crippen molar-refractivity contribution in [2.75, 3.05) is 14.2 Å². The van der Waals surface area contributed by atoms with E-state index in [9.17, 15) is 0 Å². The maximum atomic E-state index is 5.42. The zero-order valence-electron chi connectivity index (χ0n) is 21.0. The van der Waals surface area contributed by atoms with E-state index >= 15 is 0 Å². The van der Waals surface area contributed by atoms with Crippen LogP contribution in [0.25, 0.3) is 22.3 Å². The fourth-order valence-electron chi connectivity index (χ4n) is 7.21. The van der Waals surface area contributed by atoms with E-state index in [0.717, 1.165) is 37.4 Å². The average molecular weight is 474 g/mol. The number of methoxy groups -OCH3 is 2. The molecule has 0 fully saturated rings. The van der Waals surface area contributed by atoms with Crippen LogP contribution in [-0.2, 0) is 31.3 Å². The number of nitrogens with one attached hydrogen (secondary N) is 1. The highest BCUT2D eigenvalue weighted by molar-refractivity contribution is 5.77. The highest BCUT2D eigenvalue weighted by Gasteiger charge is 2.48. The quantitative estimate of drug-likeness (QED) is 0.353. The number of benzene rings is 4. The molecule has 4 aromatic rings. The van der Waals surface area contributed by atoms with E-state index in [1.807, 2.05) is 0 Å². The summed E-state index contributed by atoms with van der Waals surface area (Å²) in [5, 5.41) is 3.86. The topological polar surface area (TPSA) is 30.5 Å². The van der Waals surface area contributed by atoms with Crippen molar-refractivity contribution in [2.45, 2.75) is 44.2 Å². The lowest BCUT2D eigenvalue weighted by Gasteiger charge is -2.35. The molecule has 0 aromatic heterocycles. The summed E-state index contributed by atoms with van der Waals surface area (Å²) in [5.74, 6) is 1.80. The number of hydrogen-bond donors (Lipinski definition) is 1. The second-order valence-electron chi connectivity index (χ2n) is 10.4. The zero-order valence-corrected chi connectivity index (χ0v) is 21.0. The van der Waals surface area contributed by atoms with Gasteiger partial charge in [0.25, 0.3) is 0 Å². The van der Waals surface area contributed by atoms with Gasteiger partial charge in [-0.15, -0.1) is 0 Å². The Balaban J connectivity index is 1.43.